The molecule has 0 N–H and O–H groups in total. The standard InChI is InChI=1S/C13H14ClN3/c1-10-4-3-5-12(16-10)9-17(2)13-7-6-11(14)8-15-13/h3-8H,9H2,1-2H3. The summed E-state index contributed by atoms with van der Waals surface area (Å²) in [5.74, 6) is 0.887. The Bertz CT molecular complexity index is 496. The van der Waals surface area contributed by atoms with Gasteiger partial charge in [0.15, 0.2) is 0 Å². The molecule has 4 heteroatoms. The molecule has 88 valence electrons. The number of pyridine rings is 2. The number of anilines is 1. The third-order valence-corrected chi connectivity index (χ3v) is 2.67. The van der Waals surface area contributed by atoms with Crippen LogP contribution in [0.15, 0.2) is 36.5 Å². The molecule has 0 saturated heterocycles. The van der Waals surface area contributed by atoms with Crippen LogP contribution >= 0.6 is 11.6 Å². The summed E-state index contributed by atoms with van der Waals surface area (Å²) in [5.41, 5.74) is 2.06. The first-order chi connectivity index (χ1) is 8.15. The maximum atomic E-state index is 5.80. The van der Waals surface area contributed by atoms with Crippen LogP contribution < -0.4 is 4.90 Å². The summed E-state index contributed by atoms with van der Waals surface area (Å²) in [6.07, 6.45) is 1.65. The van der Waals surface area contributed by atoms with Gasteiger partial charge in [-0.05, 0) is 31.2 Å². The molecule has 0 amide bonds. The lowest BCUT2D eigenvalue weighted by Gasteiger charge is -2.17. The predicted octanol–water partition coefficient (Wildman–Crippen LogP) is 3.07. The third kappa shape index (κ3) is 3.17. The van der Waals surface area contributed by atoms with Crippen molar-refractivity contribution in [2.75, 3.05) is 11.9 Å². The number of aryl methyl sites for hydroxylation is 1. The Labute approximate surface area is 106 Å². The molecule has 2 heterocycles. The summed E-state index contributed by atoms with van der Waals surface area (Å²) in [4.78, 5) is 10.8. The molecule has 0 bridgehead atoms. The van der Waals surface area contributed by atoms with E-state index in [4.69, 9.17) is 11.6 Å². The van der Waals surface area contributed by atoms with Gasteiger partial charge in [-0.2, -0.15) is 0 Å². The second kappa shape index (κ2) is 5.15. The molecule has 2 rings (SSSR count). The molecule has 2 aromatic rings. The van der Waals surface area contributed by atoms with Crippen LogP contribution in [0.5, 0.6) is 0 Å². The van der Waals surface area contributed by atoms with Crippen molar-refractivity contribution in [2.45, 2.75) is 13.5 Å². The van der Waals surface area contributed by atoms with Gasteiger partial charge in [0.1, 0.15) is 5.82 Å². The average Bonchev–Trinajstić information content (AvgIpc) is 2.29. The van der Waals surface area contributed by atoms with Crippen molar-refractivity contribution in [3.8, 4) is 0 Å². The van der Waals surface area contributed by atoms with Crippen molar-refractivity contribution >= 4 is 17.4 Å². The molecule has 2 aromatic heterocycles. The van der Waals surface area contributed by atoms with Gasteiger partial charge in [-0.25, -0.2) is 4.98 Å². The number of hydrogen-bond acceptors (Lipinski definition) is 3. The first-order valence-electron chi connectivity index (χ1n) is 5.40. The summed E-state index contributed by atoms with van der Waals surface area (Å²) >= 11 is 5.80. The lowest BCUT2D eigenvalue weighted by Crippen LogP contribution is -2.18. The molecule has 0 fully saturated rings. The highest BCUT2D eigenvalue weighted by Gasteiger charge is 2.04. The molecule has 0 saturated carbocycles. The minimum Gasteiger partial charge on any atom is -0.354 e. The minimum atomic E-state index is 0.649. The van der Waals surface area contributed by atoms with Gasteiger partial charge in [0.25, 0.3) is 0 Å². The van der Waals surface area contributed by atoms with E-state index >= 15 is 0 Å². The topological polar surface area (TPSA) is 29.0 Å². The van der Waals surface area contributed by atoms with Gasteiger partial charge in [0.05, 0.1) is 17.3 Å². The molecule has 0 spiro atoms. The van der Waals surface area contributed by atoms with Crippen LogP contribution in [0.2, 0.25) is 5.02 Å². The second-order valence-electron chi connectivity index (χ2n) is 3.96. The highest BCUT2D eigenvalue weighted by molar-refractivity contribution is 6.30. The zero-order valence-corrected chi connectivity index (χ0v) is 10.6. The van der Waals surface area contributed by atoms with Gasteiger partial charge in [0, 0.05) is 18.9 Å². The monoisotopic (exact) mass is 247 g/mol. The molecule has 0 aromatic carbocycles. The Hall–Kier alpha value is -1.61. The quantitative estimate of drug-likeness (QED) is 0.835. The van der Waals surface area contributed by atoms with Crippen LogP contribution in [0.4, 0.5) is 5.82 Å². The van der Waals surface area contributed by atoms with Gasteiger partial charge in [-0.1, -0.05) is 17.7 Å². The second-order valence-corrected chi connectivity index (χ2v) is 4.40. The van der Waals surface area contributed by atoms with E-state index in [9.17, 15) is 0 Å². The molecule has 0 radical (unpaired) electrons. The van der Waals surface area contributed by atoms with Crippen molar-refractivity contribution in [1.82, 2.24) is 9.97 Å². The fourth-order valence-corrected chi connectivity index (χ4v) is 1.72. The number of rotatable bonds is 3. The number of nitrogens with zero attached hydrogens (tertiary/aromatic N) is 3. The van der Waals surface area contributed by atoms with Crippen molar-refractivity contribution in [2.24, 2.45) is 0 Å². The Morgan fingerprint density at radius 1 is 1.24 bits per heavy atom. The molecule has 0 aliphatic heterocycles. The first-order valence-corrected chi connectivity index (χ1v) is 5.78. The fraction of sp³-hybridized carbons (Fsp3) is 0.231. The van der Waals surface area contributed by atoms with Crippen molar-refractivity contribution in [3.63, 3.8) is 0 Å². The van der Waals surface area contributed by atoms with Crippen LogP contribution in [0.3, 0.4) is 0 Å². The van der Waals surface area contributed by atoms with E-state index in [1.54, 1.807) is 6.20 Å². The maximum Gasteiger partial charge on any atom is 0.128 e. The van der Waals surface area contributed by atoms with Gasteiger partial charge >= 0.3 is 0 Å². The van der Waals surface area contributed by atoms with Crippen molar-refractivity contribution in [1.29, 1.82) is 0 Å². The zero-order valence-electron chi connectivity index (χ0n) is 9.89. The van der Waals surface area contributed by atoms with Crippen molar-refractivity contribution < 1.29 is 0 Å². The highest BCUT2D eigenvalue weighted by Crippen LogP contribution is 2.14. The molecular formula is C13H14ClN3. The summed E-state index contributed by atoms with van der Waals surface area (Å²) in [5, 5.41) is 0.649. The summed E-state index contributed by atoms with van der Waals surface area (Å²) < 4.78 is 0. The summed E-state index contributed by atoms with van der Waals surface area (Å²) in [7, 11) is 1.99. The Morgan fingerprint density at radius 3 is 2.71 bits per heavy atom. The smallest absolute Gasteiger partial charge is 0.128 e. The largest absolute Gasteiger partial charge is 0.354 e. The van der Waals surface area contributed by atoms with E-state index in [1.165, 1.54) is 0 Å². The Morgan fingerprint density at radius 2 is 2.06 bits per heavy atom. The van der Waals surface area contributed by atoms with E-state index in [2.05, 4.69) is 9.97 Å². The van der Waals surface area contributed by atoms with Gasteiger partial charge < -0.3 is 4.90 Å². The van der Waals surface area contributed by atoms with Gasteiger partial charge in [-0.3, -0.25) is 4.98 Å². The van der Waals surface area contributed by atoms with Gasteiger partial charge in [-0.15, -0.1) is 0 Å². The van der Waals surface area contributed by atoms with Crippen LogP contribution in [0.1, 0.15) is 11.4 Å². The normalized spacial score (nSPS) is 10.3. The molecular weight excluding hydrogens is 234 g/mol. The summed E-state index contributed by atoms with van der Waals surface area (Å²) in [6, 6.07) is 9.76. The highest BCUT2D eigenvalue weighted by atomic mass is 35.5. The minimum absolute atomic E-state index is 0.649. The van der Waals surface area contributed by atoms with E-state index in [1.807, 2.05) is 49.2 Å². The van der Waals surface area contributed by atoms with E-state index in [0.29, 0.717) is 5.02 Å². The number of halogens is 1. The third-order valence-electron chi connectivity index (χ3n) is 2.45. The Kier molecular flexibility index (Phi) is 3.59. The molecule has 0 aliphatic carbocycles. The van der Waals surface area contributed by atoms with Crippen LogP contribution in [-0.4, -0.2) is 17.0 Å². The van der Waals surface area contributed by atoms with Crippen LogP contribution in [0, 0.1) is 6.92 Å². The van der Waals surface area contributed by atoms with Gasteiger partial charge in [0.2, 0.25) is 0 Å². The van der Waals surface area contributed by atoms with E-state index in [-0.39, 0.29) is 0 Å². The summed E-state index contributed by atoms with van der Waals surface area (Å²) in [6.45, 7) is 2.72. The maximum absolute atomic E-state index is 5.80. The fourth-order valence-electron chi connectivity index (χ4n) is 1.61. The molecule has 17 heavy (non-hydrogen) atoms. The van der Waals surface area contributed by atoms with Crippen molar-refractivity contribution in [3.05, 3.63) is 52.9 Å². The zero-order chi connectivity index (χ0) is 12.3. The molecule has 0 aliphatic rings. The predicted molar refractivity (Wildman–Crippen MR) is 70.3 cm³/mol. The van der Waals surface area contributed by atoms with E-state index < -0.39 is 0 Å². The van der Waals surface area contributed by atoms with E-state index in [0.717, 1.165) is 23.8 Å². The SMILES string of the molecule is Cc1cccc(CN(C)c2ccc(Cl)cn2)n1. The number of hydrogen-bond donors (Lipinski definition) is 0. The molecule has 3 nitrogen and oxygen atoms in total. The number of aromatic nitrogens is 2. The lowest BCUT2D eigenvalue weighted by atomic mass is 10.3. The van der Waals surface area contributed by atoms with Crippen LogP contribution in [0.25, 0.3) is 0 Å². The molecule has 0 unspecified atom stereocenters. The first kappa shape index (κ1) is 11.9. The molecule has 0 atom stereocenters. The Balaban J connectivity index is 2.11. The van der Waals surface area contributed by atoms with Crippen LogP contribution in [-0.2, 0) is 6.54 Å². The lowest BCUT2D eigenvalue weighted by molar-refractivity contribution is 0.859. The average molecular weight is 248 g/mol.